The number of ether oxygens (including phenoxy) is 1. The van der Waals surface area contributed by atoms with E-state index in [4.69, 9.17) is 9.15 Å². The van der Waals surface area contributed by atoms with E-state index in [2.05, 4.69) is 17.4 Å². The Kier molecular flexibility index (Phi) is 6.45. The zero-order valence-corrected chi connectivity index (χ0v) is 15.4. The predicted octanol–water partition coefficient (Wildman–Crippen LogP) is 3.98. The van der Waals surface area contributed by atoms with E-state index < -0.39 is 6.10 Å². The molecule has 2 aromatic rings. The molecule has 1 aromatic carbocycles. The molecule has 25 heavy (non-hydrogen) atoms. The average Bonchev–Trinajstić information content (AvgIpc) is 3.14. The van der Waals surface area contributed by atoms with Crippen LogP contribution in [0.15, 0.2) is 41.0 Å². The van der Waals surface area contributed by atoms with Gasteiger partial charge >= 0.3 is 0 Å². The Hall–Kier alpha value is -1.88. The van der Waals surface area contributed by atoms with Gasteiger partial charge in [-0.05, 0) is 68.0 Å². The molecule has 134 valence electrons. The number of fused-ring (bicyclic) bond motifs is 1. The van der Waals surface area contributed by atoms with Gasteiger partial charge in [0.05, 0.1) is 12.0 Å². The molecule has 4 nitrogen and oxygen atoms in total. The molecule has 1 unspecified atom stereocenters. The van der Waals surface area contributed by atoms with Gasteiger partial charge in [-0.2, -0.15) is 11.8 Å². The summed E-state index contributed by atoms with van der Waals surface area (Å²) in [6.45, 7) is 2.42. The molecular weight excluding hydrogens is 334 g/mol. The summed E-state index contributed by atoms with van der Waals surface area (Å²) in [5, 5.41) is 2.93. The number of benzene rings is 1. The minimum atomic E-state index is -0.489. The van der Waals surface area contributed by atoms with Gasteiger partial charge in [0.15, 0.2) is 6.10 Å². The maximum absolute atomic E-state index is 12.2. The molecule has 1 aliphatic rings. The Labute approximate surface area is 153 Å². The van der Waals surface area contributed by atoms with Crippen LogP contribution in [0, 0.1) is 0 Å². The number of carbonyl (C=O) groups is 1. The fourth-order valence-electron chi connectivity index (χ4n) is 3.00. The summed E-state index contributed by atoms with van der Waals surface area (Å²) in [5.41, 5.74) is 2.79. The number of aryl methyl sites for hydroxylation is 2. The molecule has 0 radical (unpaired) electrons. The third kappa shape index (κ3) is 5.30. The van der Waals surface area contributed by atoms with Crippen molar-refractivity contribution in [2.45, 2.75) is 44.5 Å². The molecule has 0 bridgehead atoms. The van der Waals surface area contributed by atoms with E-state index in [1.807, 2.05) is 18.2 Å². The number of thioether (sulfide) groups is 1. The molecule has 0 fully saturated rings. The Morgan fingerprint density at radius 1 is 1.28 bits per heavy atom. The number of amides is 1. The summed E-state index contributed by atoms with van der Waals surface area (Å²) >= 11 is 1.73. The average molecular weight is 359 g/mol. The summed E-state index contributed by atoms with van der Waals surface area (Å²) in [6, 6.07) is 10.1. The summed E-state index contributed by atoms with van der Waals surface area (Å²) in [5.74, 6) is 3.34. The van der Waals surface area contributed by atoms with Crippen molar-refractivity contribution in [3.8, 4) is 5.75 Å². The monoisotopic (exact) mass is 359 g/mol. The number of nitrogens with one attached hydrogen (secondary N) is 1. The lowest BCUT2D eigenvalue weighted by Gasteiger charge is -2.19. The second-order valence-electron chi connectivity index (χ2n) is 6.32. The second-order valence-corrected chi connectivity index (χ2v) is 7.43. The first kappa shape index (κ1) is 17.9. The SMILES string of the molecule is CC(Oc1ccc2c(c1)CCCC2)C(=O)NCCSCc1ccco1. The molecule has 0 aliphatic heterocycles. The molecule has 1 N–H and O–H groups in total. The molecule has 1 aliphatic carbocycles. The van der Waals surface area contributed by atoms with Crippen LogP contribution < -0.4 is 10.1 Å². The molecule has 1 heterocycles. The van der Waals surface area contributed by atoms with Crippen molar-refractivity contribution in [1.82, 2.24) is 5.32 Å². The molecule has 0 saturated heterocycles. The highest BCUT2D eigenvalue weighted by Gasteiger charge is 2.16. The van der Waals surface area contributed by atoms with Crippen molar-refractivity contribution in [3.63, 3.8) is 0 Å². The van der Waals surface area contributed by atoms with Gasteiger partial charge in [0.2, 0.25) is 0 Å². The van der Waals surface area contributed by atoms with Crippen LogP contribution in [0.1, 0.15) is 36.7 Å². The van der Waals surface area contributed by atoms with Gasteiger partial charge in [0.25, 0.3) is 5.91 Å². The van der Waals surface area contributed by atoms with Gasteiger partial charge in [-0.1, -0.05) is 6.07 Å². The van der Waals surface area contributed by atoms with Gasteiger partial charge < -0.3 is 14.5 Å². The molecular formula is C20H25NO3S. The number of hydrogen-bond donors (Lipinski definition) is 1. The highest BCUT2D eigenvalue weighted by Crippen LogP contribution is 2.25. The first-order valence-corrected chi connectivity index (χ1v) is 10.0. The van der Waals surface area contributed by atoms with Gasteiger partial charge in [0.1, 0.15) is 11.5 Å². The third-order valence-electron chi connectivity index (χ3n) is 4.37. The normalized spacial score (nSPS) is 14.6. The highest BCUT2D eigenvalue weighted by molar-refractivity contribution is 7.98. The standard InChI is InChI=1S/C20H25NO3S/c1-15(20(22)21-10-12-25-14-19-7-4-11-23-19)24-18-9-8-16-5-2-3-6-17(16)13-18/h4,7-9,11,13,15H,2-3,5-6,10,12,14H2,1H3,(H,21,22). The predicted molar refractivity (Wildman–Crippen MR) is 101 cm³/mol. The van der Waals surface area contributed by atoms with Crippen molar-refractivity contribution in [2.24, 2.45) is 0 Å². The fourth-order valence-corrected chi connectivity index (χ4v) is 3.75. The first-order valence-electron chi connectivity index (χ1n) is 8.88. The Balaban J connectivity index is 1.38. The van der Waals surface area contributed by atoms with Crippen molar-refractivity contribution in [3.05, 3.63) is 53.5 Å². The Morgan fingerprint density at radius 2 is 2.12 bits per heavy atom. The first-order chi connectivity index (χ1) is 12.2. The summed E-state index contributed by atoms with van der Waals surface area (Å²) in [4.78, 5) is 12.2. The molecule has 1 amide bonds. The Morgan fingerprint density at radius 3 is 2.92 bits per heavy atom. The third-order valence-corrected chi connectivity index (χ3v) is 5.35. The van der Waals surface area contributed by atoms with Crippen molar-refractivity contribution < 1.29 is 13.9 Å². The smallest absolute Gasteiger partial charge is 0.260 e. The lowest BCUT2D eigenvalue weighted by atomic mass is 9.92. The van der Waals surface area contributed by atoms with Gasteiger partial charge in [-0.3, -0.25) is 4.79 Å². The van der Waals surface area contributed by atoms with Crippen LogP contribution in [0.5, 0.6) is 5.75 Å². The maximum atomic E-state index is 12.2. The highest BCUT2D eigenvalue weighted by atomic mass is 32.2. The fraction of sp³-hybridized carbons (Fsp3) is 0.450. The lowest BCUT2D eigenvalue weighted by molar-refractivity contribution is -0.127. The van der Waals surface area contributed by atoms with E-state index in [1.165, 1.54) is 24.0 Å². The summed E-state index contributed by atoms with van der Waals surface area (Å²) in [7, 11) is 0. The number of carbonyl (C=O) groups excluding carboxylic acids is 1. The van der Waals surface area contributed by atoms with Crippen LogP contribution in [-0.2, 0) is 23.4 Å². The molecule has 5 heteroatoms. The van der Waals surface area contributed by atoms with Gasteiger partial charge in [-0.25, -0.2) is 0 Å². The summed E-state index contributed by atoms with van der Waals surface area (Å²) < 4.78 is 11.1. The quantitative estimate of drug-likeness (QED) is 0.725. The molecule has 1 aromatic heterocycles. The van der Waals surface area contributed by atoms with Crippen LogP contribution in [0.3, 0.4) is 0 Å². The molecule has 0 saturated carbocycles. The van der Waals surface area contributed by atoms with E-state index in [0.717, 1.165) is 35.9 Å². The molecule has 1 atom stereocenters. The van der Waals surface area contributed by atoms with Crippen LogP contribution in [-0.4, -0.2) is 24.3 Å². The van der Waals surface area contributed by atoms with Crippen molar-refractivity contribution in [1.29, 1.82) is 0 Å². The minimum Gasteiger partial charge on any atom is -0.481 e. The number of rotatable bonds is 8. The minimum absolute atomic E-state index is 0.0729. The van der Waals surface area contributed by atoms with E-state index in [9.17, 15) is 4.79 Å². The maximum Gasteiger partial charge on any atom is 0.260 e. The van der Waals surface area contributed by atoms with Crippen LogP contribution in [0.25, 0.3) is 0 Å². The zero-order valence-electron chi connectivity index (χ0n) is 14.6. The van der Waals surface area contributed by atoms with E-state index in [0.29, 0.717) is 6.54 Å². The van der Waals surface area contributed by atoms with Crippen molar-refractivity contribution >= 4 is 17.7 Å². The lowest BCUT2D eigenvalue weighted by Crippen LogP contribution is -2.37. The van der Waals surface area contributed by atoms with E-state index >= 15 is 0 Å². The largest absolute Gasteiger partial charge is 0.481 e. The molecule has 0 spiro atoms. The van der Waals surface area contributed by atoms with E-state index in [1.54, 1.807) is 24.9 Å². The van der Waals surface area contributed by atoms with Crippen LogP contribution >= 0.6 is 11.8 Å². The van der Waals surface area contributed by atoms with Crippen molar-refractivity contribution in [2.75, 3.05) is 12.3 Å². The topological polar surface area (TPSA) is 51.5 Å². The summed E-state index contributed by atoms with van der Waals surface area (Å²) in [6.07, 6.45) is 5.96. The number of hydrogen-bond acceptors (Lipinski definition) is 4. The molecule has 3 rings (SSSR count). The van der Waals surface area contributed by atoms with Gasteiger partial charge in [-0.15, -0.1) is 0 Å². The van der Waals surface area contributed by atoms with Gasteiger partial charge in [0, 0.05) is 12.3 Å². The number of furan rings is 1. The van der Waals surface area contributed by atoms with Crippen LogP contribution in [0.4, 0.5) is 0 Å². The Bertz CT molecular complexity index is 684. The second kappa shape index (κ2) is 8.99. The zero-order chi connectivity index (χ0) is 17.5. The van der Waals surface area contributed by atoms with Crippen LogP contribution in [0.2, 0.25) is 0 Å². The van der Waals surface area contributed by atoms with E-state index in [-0.39, 0.29) is 5.91 Å².